The summed E-state index contributed by atoms with van der Waals surface area (Å²) in [4.78, 5) is 13.8. The number of imidazole rings is 1. The molecule has 0 radical (unpaired) electrons. The van der Waals surface area contributed by atoms with Crippen molar-refractivity contribution < 1.29 is 0 Å². The van der Waals surface area contributed by atoms with Crippen LogP contribution in [0.3, 0.4) is 0 Å². The average molecular weight is 470 g/mol. The third-order valence-electron chi connectivity index (χ3n) is 6.11. The molecule has 7 nitrogen and oxygen atoms in total. The average Bonchev–Trinajstić information content (AvgIpc) is 3.38. The Balaban J connectivity index is 1.26. The summed E-state index contributed by atoms with van der Waals surface area (Å²) >= 11 is 0. The van der Waals surface area contributed by atoms with Gasteiger partial charge in [-0.3, -0.25) is 4.57 Å². The molecule has 0 aliphatic rings. The van der Waals surface area contributed by atoms with Gasteiger partial charge in [0.2, 0.25) is 5.95 Å². The summed E-state index contributed by atoms with van der Waals surface area (Å²) < 4.78 is 1.96. The summed E-state index contributed by atoms with van der Waals surface area (Å²) in [6.45, 7) is 2.09. The second-order valence-electron chi connectivity index (χ2n) is 8.50. The third-order valence-corrected chi connectivity index (χ3v) is 6.11. The molecule has 3 aromatic heterocycles. The molecule has 1 N–H and O–H groups in total. The first kappa shape index (κ1) is 21.6. The van der Waals surface area contributed by atoms with Crippen molar-refractivity contribution in [1.82, 2.24) is 29.7 Å². The van der Waals surface area contributed by atoms with Gasteiger partial charge < -0.3 is 5.32 Å². The SMILES string of the molecule is CC(Nc1nccc(-n2cnc3cc(-c4ccc(-c5ccccc5)nn4)ccc32)n1)c1ccccc1. The van der Waals surface area contributed by atoms with E-state index in [1.165, 1.54) is 5.56 Å². The van der Waals surface area contributed by atoms with Gasteiger partial charge in [0.15, 0.2) is 0 Å². The largest absolute Gasteiger partial charge is 0.348 e. The Morgan fingerprint density at radius 3 is 2.19 bits per heavy atom. The highest BCUT2D eigenvalue weighted by atomic mass is 15.2. The Morgan fingerprint density at radius 1 is 0.722 bits per heavy atom. The van der Waals surface area contributed by atoms with Gasteiger partial charge in [0.05, 0.1) is 28.5 Å². The van der Waals surface area contributed by atoms with Crippen LogP contribution >= 0.6 is 0 Å². The lowest BCUT2D eigenvalue weighted by atomic mass is 10.1. The number of benzene rings is 3. The Kier molecular flexibility index (Phi) is 5.63. The van der Waals surface area contributed by atoms with Gasteiger partial charge >= 0.3 is 0 Å². The maximum atomic E-state index is 4.73. The number of rotatable bonds is 6. The lowest BCUT2D eigenvalue weighted by molar-refractivity contribution is 0.854. The Bertz CT molecular complexity index is 1610. The Morgan fingerprint density at radius 2 is 1.44 bits per heavy atom. The van der Waals surface area contributed by atoms with E-state index in [2.05, 4.69) is 44.5 Å². The highest BCUT2D eigenvalue weighted by Gasteiger charge is 2.11. The normalized spacial score (nSPS) is 11.9. The number of hydrogen-bond acceptors (Lipinski definition) is 6. The molecule has 174 valence electrons. The number of nitrogens with one attached hydrogen (secondary N) is 1. The van der Waals surface area contributed by atoms with Gasteiger partial charge in [-0.15, -0.1) is 10.2 Å². The maximum Gasteiger partial charge on any atom is 0.225 e. The van der Waals surface area contributed by atoms with Gasteiger partial charge in [0.1, 0.15) is 12.1 Å². The molecule has 3 heterocycles. The van der Waals surface area contributed by atoms with Crippen molar-refractivity contribution in [2.45, 2.75) is 13.0 Å². The first-order chi connectivity index (χ1) is 17.7. The molecule has 36 heavy (non-hydrogen) atoms. The molecule has 0 amide bonds. The minimum Gasteiger partial charge on any atom is -0.348 e. The van der Waals surface area contributed by atoms with Crippen molar-refractivity contribution in [1.29, 1.82) is 0 Å². The van der Waals surface area contributed by atoms with Crippen LogP contribution in [0, 0.1) is 0 Å². The van der Waals surface area contributed by atoms with Crippen LogP contribution in [-0.2, 0) is 0 Å². The molecule has 6 aromatic rings. The number of nitrogens with zero attached hydrogens (tertiary/aromatic N) is 6. The van der Waals surface area contributed by atoms with Crippen molar-refractivity contribution in [3.63, 3.8) is 0 Å². The smallest absolute Gasteiger partial charge is 0.225 e. The second-order valence-corrected chi connectivity index (χ2v) is 8.50. The van der Waals surface area contributed by atoms with E-state index in [4.69, 9.17) is 4.98 Å². The molecule has 0 fully saturated rings. The lowest BCUT2D eigenvalue weighted by Crippen LogP contribution is -2.10. The van der Waals surface area contributed by atoms with E-state index >= 15 is 0 Å². The Hall–Kier alpha value is -4.91. The quantitative estimate of drug-likeness (QED) is 0.317. The molecule has 1 unspecified atom stereocenters. The predicted octanol–water partition coefficient (Wildman–Crippen LogP) is 6.11. The van der Waals surface area contributed by atoms with Crippen LogP contribution in [0.15, 0.2) is 110 Å². The fourth-order valence-corrected chi connectivity index (χ4v) is 4.18. The van der Waals surface area contributed by atoms with Crippen molar-refractivity contribution in [2.24, 2.45) is 0 Å². The second kappa shape index (κ2) is 9.38. The molecule has 3 aromatic carbocycles. The summed E-state index contributed by atoms with van der Waals surface area (Å²) in [7, 11) is 0. The molecule has 0 bridgehead atoms. The highest BCUT2D eigenvalue weighted by molar-refractivity contribution is 5.82. The molecule has 0 spiro atoms. The first-order valence-electron chi connectivity index (χ1n) is 11.8. The van der Waals surface area contributed by atoms with Gasteiger partial charge in [-0.2, -0.15) is 4.98 Å². The molecule has 0 saturated carbocycles. The molecule has 0 aliphatic carbocycles. The Labute approximate surface area is 208 Å². The van der Waals surface area contributed by atoms with Gasteiger partial charge in [-0.05, 0) is 42.8 Å². The standard InChI is InChI=1S/C29H23N7/c1-20(21-8-4-2-5-9-21)32-29-30-17-16-28(33-29)36-19-31-26-18-23(12-15-27(26)36)25-14-13-24(34-35-25)22-10-6-3-7-11-22/h2-20H,1H3,(H,30,32,33). The lowest BCUT2D eigenvalue weighted by Gasteiger charge is -2.14. The molecule has 0 saturated heterocycles. The zero-order valence-corrected chi connectivity index (χ0v) is 19.7. The van der Waals surface area contributed by atoms with E-state index in [0.29, 0.717) is 5.95 Å². The van der Waals surface area contributed by atoms with Crippen LogP contribution in [0.5, 0.6) is 0 Å². The minimum absolute atomic E-state index is 0.0814. The predicted molar refractivity (Wildman–Crippen MR) is 142 cm³/mol. The summed E-state index contributed by atoms with van der Waals surface area (Å²) in [5.41, 5.74) is 6.63. The van der Waals surface area contributed by atoms with Gasteiger partial charge in [0.25, 0.3) is 0 Å². The fraction of sp³-hybridized carbons (Fsp3) is 0.0690. The molecular weight excluding hydrogens is 446 g/mol. The zero-order valence-electron chi connectivity index (χ0n) is 19.7. The van der Waals surface area contributed by atoms with Crippen LogP contribution in [0.1, 0.15) is 18.5 Å². The molecule has 7 heteroatoms. The van der Waals surface area contributed by atoms with Crippen molar-refractivity contribution in [3.05, 3.63) is 115 Å². The van der Waals surface area contributed by atoms with Crippen molar-refractivity contribution >= 4 is 17.0 Å². The maximum absolute atomic E-state index is 4.73. The summed E-state index contributed by atoms with van der Waals surface area (Å²) in [5, 5.41) is 12.2. The number of anilines is 1. The van der Waals surface area contributed by atoms with Crippen LogP contribution in [0.25, 0.3) is 39.4 Å². The van der Waals surface area contributed by atoms with Crippen LogP contribution in [0.2, 0.25) is 0 Å². The van der Waals surface area contributed by atoms with Crippen LogP contribution < -0.4 is 5.32 Å². The molecule has 1 atom stereocenters. The first-order valence-corrected chi connectivity index (χ1v) is 11.8. The minimum atomic E-state index is 0.0814. The molecular formula is C29H23N7. The number of aromatic nitrogens is 6. The zero-order chi connectivity index (χ0) is 24.3. The van der Waals surface area contributed by atoms with Crippen molar-refractivity contribution in [3.8, 4) is 28.3 Å². The monoisotopic (exact) mass is 469 g/mol. The number of fused-ring (bicyclic) bond motifs is 1. The summed E-state index contributed by atoms with van der Waals surface area (Å²) in [5.74, 6) is 1.31. The van der Waals surface area contributed by atoms with Gasteiger partial charge in [-0.1, -0.05) is 66.7 Å². The third kappa shape index (κ3) is 4.30. The van der Waals surface area contributed by atoms with E-state index in [1.807, 2.05) is 89.5 Å². The fourth-order valence-electron chi connectivity index (χ4n) is 4.18. The highest BCUT2D eigenvalue weighted by Crippen LogP contribution is 2.25. The number of hydrogen-bond donors (Lipinski definition) is 1. The molecule has 6 rings (SSSR count). The van der Waals surface area contributed by atoms with E-state index in [0.717, 1.165) is 39.4 Å². The van der Waals surface area contributed by atoms with Crippen LogP contribution in [0.4, 0.5) is 5.95 Å². The van der Waals surface area contributed by atoms with Gasteiger partial charge in [0, 0.05) is 17.3 Å². The van der Waals surface area contributed by atoms with E-state index < -0.39 is 0 Å². The van der Waals surface area contributed by atoms with Crippen LogP contribution in [-0.4, -0.2) is 29.7 Å². The van der Waals surface area contributed by atoms with E-state index in [9.17, 15) is 0 Å². The van der Waals surface area contributed by atoms with E-state index in [1.54, 1.807) is 12.5 Å². The molecule has 0 aliphatic heterocycles. The summed E-state index contributed by atoms with van der Waals surface area (Å²) in [6, 6.07) is 32.3. The van der Waals surface area contributed by atoms with Gasteiger partial charge in [-0.25, -0.2) is 9.97 Å². The topological polar surface area (TPSA) is 81.4 Å². The van der Waals surface area contributed by atoms with Crippen molar-refractivity contribution in [2.75, 3.05) is 5.32 Å². The summed E-state index contributed by atoms with van der Waals surface area (Å²) in [6.07, 6.45) is 3.54. The van der Waals surface area contributed by atoms with E-state index in [-0.39, 0.29) is 6.04 Å².